The van der Waals surface area contributed by atoms with Crippen molar-refractivity contribution in [3.05, 3.63) is 0 Å². The Balaban J connectivity index is 3.71. The fraction of sp³-hybridized carbons (Fsp3) is 0.875. The number of hydrogen-bond acceptors (Lipinski definition) is 2. The molecule has 0 spiro atoms. The van der Waals surface area contributed by atoms with Gasteiger partial charge >= 0.3 is 12.3 Å². The highest BCUT2D eigenvalue weighted by molar-refractivity contribution is 5.78. The van der Waals surface area contributed by atoms with Crippen LogP contribution < -0.4 is 10.6 Å². The van der Waals surface area contributed by atoms with Crippen LogP contribution in [0.1, 0.15) is 13.3 Å². The molecule has 0 saturated carbocycles. The maximum atomic E-state index is 12.3. The van der Waals surface area contributed by atoms with Gasteiger partial charge in [-0.15, -0.1) is 0 Å². The SMILES string of the molecule is CCCNCC(=O)NCC(F)(F)C(F)F. The van der Waals surface area contributed by atoms with Crippen LogP contribution in [0.15, 0.2) is 0 Å². The van der Waals surface area contributed by atoms with Gasteiger partial charge in [-0.1, -0.05) is 6.92 Å². The molecule has 0 bridgehead atoms. The number of carbonyl (C=O) groups is 1. The summed E-state index contributed by atoms with van der Waals surface area (Å²) in [5.41, 5.74) is 0. The van der Waals surface area contributed by atoms with Crippen molar-refractivity contribution in [3.63, 3.8) is 0 Å². The molecule has 0 aliphatic carbocycles. The van der Waals surface area contributed by atoms with Gasteiger partial charge < -0.3 is 10.6 Å². The molecule has 0 heterocycles. The standard InChI is InChI=1S/C8H14F4N2O/c1-2-3-13-4-6(15)14-5-8(11,12)7(9)10/h7,13H,2-5H2,1H3,(H,14,15). The van der Waals surface area contributed by atoms with Gasteiger partial charge in [0.1, 0.15) is 0 Å². The zero-order valence-electron chi connectivity index (χ0n) is 8.33. The van der Waals surface area contributed by atoms with Crippen molar-refractivity contribution in [1.29, 1.82) is 0 Å². The molecular weight excluding hydrogens is 216 g/mol. The Morgan fingerprint density at radius 3 is 2.47 bits per heavy atom. The predicted molar refractivity (Wildman–Crippen MR) is 47.1 cm³/mol. The molecule has 0 aliphatic heterocycles. The molecule has 0 aromatic rings. The second kappa shape index (κ2) is 6.60. The molecule has 2 N–H and O–H groups in total. The lowest BCUT2D eigenvalue weighted by Crippen LogP contribution is -2.44. The first-order valence-electron chi connectivity index (χ1n) is 4.53. The van der Waals surface area contributed by atoms with Crippen LogP contribution in [0.2, 0.25) is 0 Å². The van der Waals surface area contributed by atoms with Crippen molar-refractivity contribution in [2.75, 3.05) is 19.6 Å². The monoisotopic (exact) mass is 230 g/mol. The first-order valence-corrected chi connectivity index (χ1v) is 4.53. The second-order valence-corrected chi connectivity index (χ2v) is 3.02. The predicted octanol–water partition coefficient (Wildman–Crippen LogP) is 1.00. The van der Waals surface area contributed by atoms with Gasteiger partial charge in [-0.05, 0) is 13.0 Å². The maximum absolute atomic E-state index is 12.3. The highest BCUT2D eigenvalue weighted by Gasteiger charge is 2.40. The van der Waals surface area contributed by atoms with Gasteiger partial charge in [0.15, 0.2) is 0 Å². The van der Waals surface area contributed by atoms with Crippen LogP contribution >= 0.6 is 0 Å². The molecular formula is C8H14F4N2O. The zero-order valence-corrected chi connectivity index (χ0v) is 8.33. The molecule has 0 aliphatic rings. The van der Waals surface area contributed by atoms with E-state index in [-0.39, 0.29) is 6.54 Å². The summed E-state index contributed by atoms with van der Waals surface area (Å²) in [4.78, 5) is 10.8. The van der Waals surface area contributed by atoms with E-state index in [0.29, 0.717) is 6.54 Å². The number of amides is 1. The van der Waals surface area contributed by atoms with Crippen molar-refractivity contribution in [3.8, 4) is 0 Å². The second-order valence-electron chi connectivity index (χ2n) is 3.02. The average molecular weight is 230 g/mol. The highest BCUT2D eigenvalue weighted by atomic mass is 19.3. The molecule has 0 fully saturated rings. The summed E-state index contributed by atoms with van der Waals surface area (Å²) in [6, 6.07) is 0. The van der Waals surface area contributed by atoms with E-state index in [1.807, 2.05) is 6.92 Å². The van der Waals surface area contributed by atoms with Gasteiger partial charge in [-0.2, -0.15) is 8.78 Å². The minimum Gasteiger partial charge on any atom is -0.349 e. The number of rotatable bonds is 7. The Kier molecular flexibility index (Phi) is 6.23. The third-order valence-corrected chi connectivity index (χ3v) is 1.55. The van der Waals surface area contributed by atoms with Crippen LogP contribution in [-0.4, -0.2) is 37.9 Å². The number of carbonyl (C=O) groups excluding carboxylic acids is 1. The number of nitrogens with one attached hydrogen (secondary N) is 2. The van der Waals surface area contributed by atoms with Crippen LogP contribution in [0.25, 0.3) is 0 Å². The third kappa shape index (κ3) is 6.27. The molecule has 0 unspecified atom stereocenters. The Hall–Kier alpha value is -0.850. The van der Waals surface area contributed by atoms with E-state index < -0.39 is 24.8 Å². The summed E-state index contributed by atoms with van der Waals surface area (Å²) in [5.74, 6) is -4.88. The Morgan fingerprint density at radius 1 is 1.40 bits per heavy atom. The molecule has 0 saturated heterocycles. The molecule has 3 nitrogen and oxygen atoms in total. The molecule has 0 radical (unpaired) electrons. The lowest BCUT2D eigenvalue weighted by Gasteiger charge is -2.15. The lowest BCUT2D eigenvalue weighted by atomic mass is 10.3. The van der Waals surface area contributed by atoms with Crippen molar-refractivity contribution in [2.24, 2.45) is 0 Å². The molecule has 15 heavy (non-hydrogen) atoms. The van der Waals surface area contributed by atoms with E-state index in [4.69, 9.17) is 0 Å². The van der Waals surface area contributed by atoms with Crippen molar-refractivity contribution in [2.45, 2.75) is 25.7 Å². The maximum Gasteiger partial charge on any atom is 0.324 e. The van der Waals surface area contributed by atoms with Crippen LogP contribution in [0.4, 0.5) is 17.6 Å². The number of halogens is 4. The summed E-state index contributed by atoms with van der Waals surface area (Å²) < 4.78 is 47.9. The van der Waals surface area contributed by atoms with E-state index in [0.717, 1.165) is 6.42 Å². The number of hydrogen-bond donors (Lipinski definition) is 2. The Labute approximate surface area is 85.2 Å². The van der Waals surface area contributed by atoms with Crippen LogP contribution in [0, 0.1) is 0 Å². The Morgan fingerprint density at radius 2 is 2.00 bits per heavy atom. The summed E-state index contributed by atoms with van der Waals surface area (Å²) in [6.07, 6.45) is -2.97. The van der Waals surface area contributed by atoms with Crippen molar-refractivity contribution >= 4 is 5.91 Å². The van der Waals surface area contributed by atoms with Crippen LogP contribution in [0.3, 0.4) is 0 Å². The lowest BCUT2D eigenvalue weighted by molar-refractivity contribution is -0.135. The van der Waals surface area contributed by atoms with Crippen LogP contribution in [-0.2, 0) is 4.79 Å². The van der Waals surface area contributed by atoms with Gasteiger partial charge in [-0.3, -0.25) is 4.79 Å². The van der Waals surface area contributed by atoms with Gasteiger partial charge in [0.2, 0.25) is 5.91 Å². The number of alkyl halides is 4. The summed E-state index contributed by atoms with van der Waals surface area (Å²) in [5, 5.41) is 4.39. The van der Waals surface area contributed by atoms with Gasteiger partial charge in [0.05, 0.1) is 13.1 Å². The molecule has 1 amide bonds. The minimum absolute atomic E-state index is 0.146. The normalized spacial score (nSPS) is 11.9. The van der Waals surface area contributed by atoms with E-state index >= 15 is 0 Å². The summed E-state index contributed by atoms with van der Waals surface area (Å²) in [6.45, 7) is 0.957. The molecule has 0 rings (SSSR count). The van der Waals surface area contributed by atoms with Gasteiger partial charge in [0, 0.05) is 0 Å². The molecule has 7 heteroatoms. The topological polar surface area (TPSA) is 41.1 Å². The van der Waals surface area contributed by atoms with Gasteiger partial charge in [-0.25, -0.2) is 8.78 Å². The Bertz CT molecular complexity index is 199. The third-order valence-electron chi connectivity index (χ3n) is 1.55. The van der Waals surface area contributed by atoms with Gasteiger partial charge in [0.25, 0.3) is 0 Å². The van der Waals surface area contributed by atoms with Crippen molar-refractivity contribution < 1.29 is 22.4 Å². The fourth-order valence-corrected chi connectivity index (χ4v) is 0.735. The molecule has 0 aromatic heterocycles. The summed E-state index contributed by atoms with van der Waals surface area (Å²) in [7, 11) is 0. The fourth-order valence-electron chi connectivity index (χ4n) is 0.735. The molecule has 90 valence electrons. The summed E-state index contributed by atoms with van der Waals surface area (Å²) >= 11 is 0. The van der Waals surface area contributed by atoms with Crippen molar-refractivity contribution in [1.82, 2.24) is 10.6 Å². The molecule has 0 aromatic carbocycles. The van der Waals surface area contributed by atoms with Crippen LogP contribution in [0.5, 0.6) is 0 Å². The minimum atomic E-state index is -4.17. The first kappa shape index (κ1) is 14.2. The van der Waals surface area contributed by atoms with E-state index in [9.17, 15) is 22.4 Å². The zero-order chi connectivity index (χ0) is 11.9. The quantitative estimate of drug-likeness (QED) is 0.506. The first-order chi connectivity index (χ1) is 6.90. The smallest absolute Gasteiger partial charge is 0.324 e. The highest BCUT2D eigenvalue weighted by Crippen LogP contribution is 2.21. The average Bonchev–Trinajstić information content (AvgIpc) is 2.15. The van der Waals surface area contributed by atoms with E-state index in [1.165, 1.54) is 0 Å². The van der Waals surface area contributed by atoms with E-state index in [1.54, 1.807) is 5.32 Å². The van der Waals surface area contributed by atoms with E-state index in [2.05, 4.69) is 5.32 Å². The molecule has 0 atom stereocenters. The largest absolute Gasteiger partial charge is 0.349 e.